The second-order valence-corrected chi connectivity index (χ2v) is 7.37. The van der Waals surface area contributed by atoms with Crippen molar-refractivity contribution in [3.8, 4) is 24.8 Å². The summed E-state index contributed by atoms with van der Waals surface area (Å²) < 4.78 is 5.27. The van der Waals surface area contributed by atoms with Crippen molar-refractivity contribution < 1.29 is 14.3 Å². The van der Waals surface area contributed by atoms with E-state index in [2.05, 4.69) is 23.2 Å². The highest BCUT2D eigenvalue weighted by Crippen LogP contribution is 2.17. The van der Waals surface area contributed by atoms with Gasteiger partial charge in [0.25, 0.3) is 0 Å². The Hall–Kier alpha value is -3.72. The number of terminal acetylenes is 1. The summed E-state index contributed by atoms with van der Waals surface area (Å²) in [5.74, 6) is 1.14. The lowest BCUT2D eigenvalue weighted by Gasteiger charge is -2.23. The van der Waals surface area contributed by atoms with Crippen molar-refractivity contribution in [1.82, 2.24) is 15.1 Å². The molecule has 2 saturated heterocycles. The Morgan fingerprint density at radius 1 is 1.15 bits per heavy atom. The topological polar surface area (TPSA) is 124 Å². The van der Waals surface area contributed by atoms with E-state index in [1.54, 1.807) is 35.4 Å². The lowest BCUT2D eigenvalue weighted by molar-refractivity contribution is -0.139. The number of nitrogens with zero attached hydrogens (tertiary/aromatic N) is 4. The third kappa shape index (κ3) is 10.4. The first-order chi connectivity index (χ1) is 16.0. The zero-order valence-electron chi connectivity index (χ0n) is 19.3. The predicted octanol–water partition coefficient (Wildman–Crippen LogP) is 2.36. The molecule has 0 saturated carbocycles. The van der Waals surface area contributed by atoms with Crippen molar-refractivity contribution in [1.29, 1.82) is 5.26 Å². The van der Waals surface area contributed by atoms with Crippen molar-refractivity contribution in [2.45, 2.75) is 45.4 Å². The van der Waals surface area contributed by atoms with Crippen molar-refractivity contribution in [3.63, 3.8) is 0 Å². The summed E-state index contributed by atoms with van der Waals surface area (Å²) in [6.07, 6.45) is 15.7. The van der Waals surface area contributed by atoms with E-state index in [0.29, 0.717) is 25.3 Å². The van der Waals surface area contributed by atoms with Crippen molar-refractivity contribution >= 4 is 23.5 Å². The number of carbonyl (C=O) groups excluding carboxylic acids is 2. The Morgan fingerprint density at radius 3 is 2.39 bits per heavy atom. The number of nitriles is 1. The average molecular weight is 455 g/mol. The molecule has 0 atom stereocenters. The number of benzene rings is 1. The summed E-state index contributed by atoms with van der Waals surface area (Å²) in [5, 5.41) is 10.5. The molecule has 9 heteroatoms. The van der Waals surface area contributed by atoms with Crippen LogP contribution in [-0.4, -0.2) is 60.4 Å². The second kappa shape index (κ2) is 16.0. The van der Waals surface area contributed by atoms with Crippen LogP contribution < -0.4 is 15.8 Å². The fraction of sp³-hybridized carbons (Fsp3) is 0.500. The first-order valence-electron chi connectivity index (χ1n) is 11.1. The Bertz CT molecular complexity index is 823. The molecule has 2 fully saturated rings. The Kier molecular flexibility index (Phi) is 13.2. The van der Waals surface area contributed by atoms with Crippen LogP contribution in [0.4, 0.5) is 5.69 Å². The number of carbonyl (C=O) groups is 2. The molecule has 2 amide bonds. The highest BCUT2D eigenvalue weighted by Gasteiger charge is 2.23. The molecule has 178 valence electrons. The van der Waals surface area contributed by atoms with E-state index in [4.69, 9.17) is 15.7 Å². The summed E-state index contributed by atoms with van der Waals surface area (Å²) in [7, 11) is 0. The van der Waals surface area contributed by atoms with Gasteiger partial charge in [-0.3, -0.25) is 14.9 Å². The minimum Gasteiger partial charge on any atom is -0.494 e. The summed E-state index contributed by atoms with van der Waals surface area (Å²) in [6, 6.07) is 7.11. The lowest BCUT2D eigenvalue weighted by atomic mass is 10.2. The number of hydrogen-bond donors (Lipinski definition) is 2. The van der Waals surface area contributed by atoms with Crippen LogP contribution in [0, 0.1) is 24.3 Å². The Balaban J connectivity index is 0.000000308. The first kappa shape index (κ1) is 27.3. The van der Waals surface area contributed by atoms with Gasteiger partial charge < -0.3 is 20.3 Å². The first-order valence-corrected chi connectivity index (χ1v) is 11.1. The van der Waals surface area contributed by atoms with Gasteiger partial charge >= 0.3 is 0 Å². The van der Waals surface area contributed by atoms with Crippen LogP contribution in [0.5, 0.6) is 5.75 Å². The van der Waals surface area contributed by atoms with Gasteiger partial charge in [-0.25, -0.2) is 4.99 Å². The summed E-state index contributed by atoms with van der Waals surface area (Å²) >= 11 is 0. The minimum atomic E-state index is 0.0710. The zero-order valence-corrected chi connectivity index (χ0v) is 19.3. The summed E-state index contributed by atoms with van der Waals surface area (Å²) in [4.78, 5) is 31.2. The molecule has 3 N–H and O–H groups in total. The van der Waals surface area contributed by atoms with Crippen LogP contribution in [0.25, 0.3) is 0 Å². The number of rotatable bonds is 5. The van der Waals surface area contributed by atoms with Crippen LogP contribution in [0.3, 0.4) is 0 Å². The van der Waals surface area contributed by atoms with Gasteiger partial charge in [-0.05, 0) is 56.9 Å². The normalized spacial score (nSPS) is 15.7. The van der Waals surface area contributed by atoms with E-state index in [1.807, 2.05) is 11.8 Å². The number of guanidine groups is 1. The van der Waals surface area contributed by atoms with Gasteiger partial charge in [0.05, 0.1) is 18.8 Å². The van der Waals surface area contributed by atoms with Gasteiger partial charge in [0.15, 0.2) is 6.19 Å². The molecular weight excluding hydrogens is 420 g/mol. The molecule has 2 aliphatic rings. The molecule has 0 spiro atoms. The molecule has 3 rings (SSSR count). The molecule has 0 radical (unpaired) electrons. The predicted molar refractivity (Wildman–Crippen MR) is 128 cm³/mol. The van der Waals surface area contributed by atoms with E-state index in [-0.39, 0.29) is 17.8 Å². The van der Waals surface area contributed by atoms with Crippen molar-refractivity contribution in [2.24, 2.45) is 10.7 Å². The van der Waals surface area contributed by atoms with E-state index in [0.717, 1.165) is 57.5 Å². The molecule has 0 aromatic heterocycles. The third-order valence-electron chi connectivity index (χ3n) is 5.04. The Morgan fingerprint density at radius 2 is 1.79 bits per heavy atom. The molecule has 2 aliphatic heterocycles. The molecule has 0 unspecified atom stereocenters. The van der Waals surface area contributed by atoms with Crippen LogP contribution >= 0.6 is 0 Å². The van der Waals surface area contributed by atoms with E-state index in [9.17, 15) is 9.59 Å². The fourth-order valence-corrected chi connectivity index (χ4v) is 3.44. The van der Waals surface area contributed by atoms with Gasteiger partial charge in [-0.15, -0.1) is 12.8 Å². The number of aliphatic imine (C=N–C) groups is 1. The molecule has 2 heterocycles. The van der Waals surface area contributed by atoms with Crippen LogP contribution in [0.1, 0.15) is 45.4 Å². The highest BCUT2D eigenvalue weighted by atomic mass is 16.5. The number of hydrogen-bond acceptors (Lipinski definition) is 5. The summed E-state index contributed by atoms with van der Waals surface area (Å²) in [5.41, 5.74) is 6.06. The minimum absolute atomic E-state index is 0.0710. The highest BCUT2D eigenvalue weighted by molar-refractivity contribution is 5.85. The van der Waals surface area contributed by atoms with Gasteiger partial charge in [0, 0.05) is 26.1 Å². The number of amides is 2. The number of ether oxygens (including phenoxy) is 1. The van der Waals surface area contributed by atoms with E-state index >= 15 is 0 Å². The number of nitrogens with one attached hydrogen (secondary N) is 1. The SMILES string of the molecule is C#C.CCOc1ccc(N=C(N)NC#N)cc1.O=C(CN1CCCCCC1=O)N1CCCC1. The molecule has 0 aliphatic carbocycles. The van der Waals surface area contributed by atoms with E-state index < -0.39 is 0 Å². The lowest BCUT2D eigenvalue weighted by Crippen LogP contribution is -2.41. The largest absolute Gasteiger partial charge is 0.494 e. The second-order valence-electron chi connectivity index (χ2n) is 7.37. The third-order valence-corrected chi connectivity index (χ3v) is 5.04. The maximum atomic E-state index is 11.9. The Labute approximate surface area is 196 Å². The monoisotopic (exact) mass is 454 g/mol. The van der Waals surface area contributed by atoms with Gasteiger partial charge in [-0.2, -0.15) is 5.26 Å². The molecule has 33 heavy (non-hydrogen) atoms. The van der Waals surface area contributed by atoms with E-state index in [1.165, 1.54) is 0 Å². The molecule has 9 nitrogen and oxygen atoms in total. The molecule has 1 aromatic carbocycles. The van der Waals surface area contributed by atoms with Crippen molar-refractivity contribution in [3.05, 3.63) is 24.3 Å². The fourth-order valence-electron chi connectivity index (χ4n) is 3.44. The summed E-state index contributed by atoms with van der Waals surface area (Å²) in [6.45, 7) is 5.36. The average Bonchev–Trinajstić information content (AvgIpc) is 3.29. The van der Waals surface area contributed by atoms with Gasteiger partial charge in [-0.1, -0.05) is 6.42 Å². The quantitative estimate of drug-likeness (QED) is 0.231. The van der Waals surface area contributed by atoms with Crippen LogP contribution in [0.15, 0.2) is 29.3 Å². The zero-order chi connectivity index (χ0) is 24.5. The van der Waals surface area contributed by atoms with Gasteiger partial charge in [0.2, 0.25) is 17.8 Å². The number of likely N-dealkylation sites (tertiary alicyclic amines) is 2. The molecule has 1 aromatic rings. The van der Waals surface area contributed by atoms with Crippen LogP contribution in [-0.2, 0) is 9.59 Å². The molecular formula is C24H34N6O3. The number of nitrogens with two attached hydrogens (primary N) is 1. The standard InChI is InChI=1S/C12H20N2O2.C10H12N4O.C2H2/c15-11-6-2-1-3-9-14(11)10-12(16)13-7-4-5-8-13;1-2-15-9-5-3-8(4-6-9)14-10(12)13-7-11;1-2/h1-10H2;3-6H,2H2,1H3,(H3,12,13,14);1-2H. The van der Waals surface area contributed by atoms with Crippen molar-refractivity contribution in [2.75, 3.05) is 32.8 Å². The van der Waals surface area contributed by atoms with Gasteiger partial charge in [0.1, 0.15) is 5.75 Å². The smallest absolute Gasteiger partial charge is 0.242 e. The molecule has 0 bridgehead atoms. The van der Waals surface area contributed by atoms with Crippen LogP contribution in [0.2, 0.25) is 0 Å². The maximum absolute atomic E-state index is 11.9. The maximum Gasteiger partial charge on any atom is 0.242 e.